The molecule has 0 unspecified atom stereocenters. The van der Waals surface area contributed by atoms with Crippen LogP contribution >= 0.6 is 27.5 Å². The Hall–Kier alpha value is -0.780. The van der Waals surface area contributed by atoms with Gasteiger partial charge in [-0.2, -0.15) is 5.26 Å². The van der Waals surface area contributed by atoms with Crippen LogP contribution in [-0.4, -0.2) is 0 Å². The molecule has 0 radical (unpaired) electrons. The van der Waals surface area contributed by atoms with E-state index in [2.05, 4.69) is 22.0 Å². The van der Waals surface area contributed by atoms with Gasteiger partial charge in [0, 0.05) is 10.0 Å². The van der Waals surface area contributed by atoms with Crippen molar-refractivity contribution in [2.24, 2.45) is 0 Å². The van der Waals surface area contributed by atoms with Crippen molar-refractivity contribution in [3.63, 3.8) is 0 Å². The highest BCUT2D eigenvalue weighted by atomic mass is 79.9. The maximum atomic E-state index is 8.89. The summed E-state index contributed by atoms with van der Waals surface area (Å²) in [5.41, 5.74) is 2.63. The number of aryl methyl sites for hydroxylation is 1. The standard InChI is InChI=1S/C12H11BrClN/c1-3-9(7-15)12(14)10-4-8(2)5-11(13)6-10/h4-6H,3H2,1-2H3/b12-9-. The van der Waals surface area contributed by atoms with Gasteiger partial charge >= 0.3 is 0 Å². The highest BCUT2D eigenvalue weighted by molar-refractivity contribution is 9.10. The van der Waals surface area contributed by atoms with Crippen LogP contribution in [0.1, 0.15) is 24.5 Å². The second kappa shape index (κ2) is 5.34. The number of hydrogen-bond acceptors (Lipinski definition) is 1. The van der Waals surface area contributed by atoms with Gasteiger partial charge in [-0.25, -0.2) is 0 Å². The van der Waals surface area contributed by atoms with E-state index < -0.39 is 0 Å². The summed E-state index contributed by atoms with van der Waals surface area (Å²) in [5.74, 6) is 0. The van der Waals surface area contributed by atoms with Crippen LogP contribution in [-0.2, 0) is 0 Å². The van der Waals surface area contributed by atoms with Crippen molar-refractivity contribution in [1.82, 2.24) is 0 Å². The molecule has 0 saturated carbocycles. The third kappa shape index (κ3) is 3.09. The van der Waals surface area contributed by atoms with E-state index in [1.165, 1.54) is 0 Å². The smallest absolute Gasteiger partial charge is 0.0962 e. The Kier molecular flexibility index (Phi) is 4.38. The Morgan fingerprint density at radius 1 is 1.47 bits per heavy atom. The van der Waals surface area contributed by atoms with E-state index in [4.69, 9.17) is 16.9 Å². The van der Waals surface area contributed by atoms with Crippen molar-refractivity contribution in [1.29, 1.82) is 5.26 Å². The van der Waals surface area contributed by atoms with Gasteiger partial charge in [-0.3, -0.25) is 0 Å². The molecule has 0 aromatic heterocycles. The van der Waals surface area contributed by atoms with Crippen molar-refractivity contribution in [3.8, 4) is 6.07 Å². The summed E-state index contributed by atoms with van der Waals surface area (Å²) in [7, 11) is 0. The van der Waals surface area contributed by atoms with E-state index in [-0.39, 0.29) is 0 Å². The molecule has 1 rings (SSSR count). The molecule has 0 amide bonds. The molecule has 0 spiro atoms. The molecule has 1 aromatic rings. The topological polar surface area (TPSA) is 23.8 Å². The number of benzene rings is 1. The monoisotopic (exact) mass is 283 g/mol. The van der Waals surface area contributed by atoms with Crippen LogP contribution in [0, 0.1) is 18.3 Å². The lowest BCUT2D eigenvalue weighted by Crippen LogP contribution is -1.85. The summed E-state index contributed by atoms with van der Waals surface area (Å²) >= 11 is 9.56. The van der Waals surface area contributed by atoms with Crippen LogP contribution in [0.25, 0.3) is 5.03 Å². The summed E-state index contributed by atoms with van der Waals surface area (Å²) in [6, 6.07) is 8.02. The molecule has 0 aliphatic carbocycles. The van der Waals surface area contributed by atoms with E-state index >= 15 is 0 Å². The van der Waals surface area contributed by atoms with E-state index in [9.17, 15) is 0 Å². The number of hydrogen-bond donors (Lipinski definition) is 0. The first-order chi connectivity index (χ1) is 7.08. The van der Waals surface area contributed by atoms with Crippen molar-refractivity contribution >= 4 is 32.6 Å². The number of nitrogens with zero attached hydrogens (tertiary/aromatic N) is 1. The van der Waals surface area contributed by atoms with E-state index in [0.29, 0.717) is 17.0 Å². The van der Waals surface area contributed by atoms with E-state index in [1.807, 2.05) is 32.0 Å². The van der Waals surface area contributed by atoms with E-state index in [1.54, 1.807) is 0 Å². The zero-order valence-electron chi connectivity index (χ0n) is 8.64. The molecule has 3 heteroatoms. The maximum absolute atomic E-state index is 8.89. The molecular formula is C12H11BrClN. The maximum Gasteiger partial charge on any atom is 0.0962 e. The highest BCUT2D eigenvalue weighted by Crippen LogP contribution is 2.27. The van der Waals surface area contributed by atoms with Gasteiger partial charge in [0.05, 0.1) is 11.1 Å². The normalized spacial score (nSPS) is 11.9. The first-order valence-corrected chi connectivity index (χ1v) is 5.82. The van der Waals surface area contributed by atoms with Crippen molar-refractivity contribution in [3.05, 3.63) is 39.4 Å². The first kappa shape index (κ1) is 12.3. The van der Waals surface area contributed by atoms with Crippen molar-refractivity contribution in [2.45, 2.75) is 20.3 Å². The van der Waals surface area contributed by atoms with E-state index in [0.717, 1.165) is 15.6 Å². The van der Waals surface area contributed by atoms with Gasteiger partial charge in [-0.05, 0) is 36.6 Å². The van der Waals surface area contributed by atoms with Crippen molar-refractivity contribution < 1.29 is 0 Å². The number of nitriles is 1. The summed E-state index contributed by atoms with van der Waals surface area (Å²) in [4.78, 5) is 0. The molecule has 0 bridgehead atoms. The molecule has 15 heavy (non-hydrogen) atoms. The number of halogens is 2. The zero-order chi connectivity index (χ0) is 11.4. The predicted molar refractivity (Wildman–Crippen MR) is 67.6 cm³/mol. The third-order valence-corrected chi connectivity index (χ3v) is 2.95. The van der Waals surface area contributed by atoms with Crippen LogP contribution in [0.2, 0.25) is 0 Å². The van der Waals surface area contributed by atoms with Gasteiger partial charge < -0.3 is 0 Å². The Morgan fingerprint density at radius 2 is 2.13 bits per heavy atom. The summed E-state index contributed by atoms with van der Waals surface area (Å²) in [6.07, 6.45) is 0.654. The fraction of sp³-hybridized carbons (Fsp3) is 0.250. The highest BCUT2D eigenvalue weighted by Gasteiger charge is 2.06. The molecule has 1 nitrogen and oxygen atoms in total. The van der Waals surface area contributed by atoms with Crippen LogP contribution in [0.15, 0.2) is 28.2 Å². The molecule has 0 saturated heterocycles. The SMILES string of the molecule is CC/C(C#N)=C(/Cl)c1cc(C)cc(Br)c1. The minimum Gasteiger partial charge on any atom is -0.193 e. The number of allylic oxidation sites excluding steroid dienone is 1. The fourth-order valence-electron chi connectivity index (χ4n) is 1.32. The Balaban J connectivity index is 3.28. The molecule has 0 heterocycles. The average molecular weight is 285 g/mol. The van der Waals surface area contributed by atoms with Gasteiger partial charge in [0.2, 0.25) is 0 Å². The minimum atomic E-state index is 0.546. The lowest BCUT2D eigenvalue weighted by atomic mass is 10.1. The number of rotatable bonds is 2. The molecule has 1 aromatic carbocycles. The molecule has 78 valence electrons. The van der Waals surface area contributed by atoms with Crippen LogP contribution < -0.4 is 0 Å². The second-order valence-electron chi connectivity index (χ2n) is 3.28. The quantitative estimate of drug-likeness (QED) is 0.726. The third-order valence-electron chi connectivity index (χ3n) is 2.05. The average Bonchev–Trinajstić information content (AvgIpc) is 2.18. The molecular weight excluding hydrogens is 273 g/mol. The molecule has 0 N–H and O–H groups in total. The van der Waals surface area contributed by atoms with Crippen LogP contribution in [0.5, 0.6) is 0 Å². The molecule has 0 fully saturated rings. The molecule has 0 atom stereocenters. The summed E-state index contributed by atoms with van der Waals surface area (Å²) in [5, 5.41) is 9.44. The van der Waals surface area contributed by atoms with Gasteiger partial charge in [-0.1, -0.05) is 40.5 Å². The summed E-state index contributed by atoms with van der Waals surface area (Å²) < 4.78 is 0.976. The van der Waals surface area contributed by atoms with Crippen LogP contribution in [0.4, 0.5) is 0 Å². The van der Waals surface area contributed by atoms with Gasteiger partial charge in [-0.15, -0.1) is 0 Å². The Labute approximate surface area is 103 Å². The van der Waals surface area contributed by atoms with Gasteiger partial charge in [0.1, 0.15) is 0 Å². The summed E-state index contributed by atoms with van der Waals surface area (Å²) in [6.45, 7) is 3.92. The lowest BCUT2D eigenvalue weighted by Gasteiger charge is -2.04. The lowest BCUT2D eigenvalue weighted by molar-refractivity contribution is 1.16. The van der Waals surface area contributed by atoms with Crippen LogP contribution in [0.3, 0.4) is 0 Å². The second-order valence-corrected chi connectivity index (χ2v) is 4.57. The Morgan fingerprint density at radius 3 is 2.60 bits per heavy atom. The van der Waals surface area contributed by atoms with Gasteiger partial charge in [0.15, 0.2) is 0 Å². The largest absolute Gasteiger partial charge is 0.193 e. The fourth-order valence-corrected chi connectivity index (χ4v) is 2.21. The molecule has 0 aliphatic rings. The minimum absolute atomic E-state index is 0.546. The molecule has 0 aliphatic heterocycles. The van der Waals surface area contributed by atoms with Gasteiger partial charge in [0.25, 0.3) is 0 Å². The predicted octanol–water partition coefficient (Wildman–Crippen LogP) is 4.64. The zero-order valence-corrected chi connectivity index (χ0v) is 11.0. The van der Waals surface area contributed by atoms with Crippen molar-refractivity contribution in [2.75, 3.05) is 0 Å². The Bertz CT molecular complexity index is 423. The first-order valence-electron chi connectivity index (χ1n) is 4.64.